The monoisotopic (exact) mass is 473 g/mol. The van der Waals surface area contributed by atoms with Crippen molar-refractivity contribution in [1.29, 1.82) is 0 Å². The van der Waals surface area contributed by atoms with Crippen LogP contribution in [0.15, 0.2) is 58.3 Å². The van der Waals surface area contributed by atoms with Crippen molar-refractivity contribution in [3.05, 3.63) is 59.1 Å². The molecule has 0 bridgehead atoms. The van der Waals surface area contributed by atoms with Crippen LogP contribution in [0.3, 0.4) is 0 Å². The summed E-state index contributed by atoms with van der Waals surface area (Å²) in [5.41, 5.74) is 3.30. The molecule has 7 nitrogen and oxygen atoms in total. The average molecular weight is 474 g/mol. The van der Waals surface area contributed by atoms with E-state index in [-0.39, 0.29) is 0 Å². The Balaban J connectivity index is 1.50. The lowest BCUT2D eigenvalue weighted by Gasteiger charge is -2.16. The zero-order valence-corrected chi connectivity index (χ0v) is 19.5. The maximum Gasteiger partial charge on any atom is 0.252 e. The number of nitrogens with one attached hydrogen (secondary N) is 1. The number of nitrogens with zero attached hydrogens (tertiary/aromatic N) is 4. The number of rotatable bonds is 8. The third-order valence-electron chi connectivity index (χ3n) is 4.91. The second-order valence-electron chi connectivity index (χ2n) is 7.11. The van der Waals surface area contributed by atoms with Crippen LogP contribution in [0.2, 0.25) is 5.02 Å². The largest absolute Gasteiger partial charge is 0.370 e. The lowest BCUT2D eigenvalue weighted by Crippen LogP contribution is -2.28. The van der Waals surface area contributed by atoms with E-state index in [9.17, 15) is 8.42 Å². The summed E-state index contributed by atoms with van der Waals surface area (Å²) in [5.74, 6) is 0.775. The van der Waals surface area contributed by atoms with Gasteiger partial charge in [0.2, 0.25) is 0 Å². The molecule has 0 spiro atoms. The molecule has 0 saturated heterocycles. The molecular formula is C20H21BClN5O2S2. The molecule has 11 heteroatoms. The number of aromatic nitrogens is 3. The van der Waals surface area contributed by atoms with E-state index < -0.39 is 10.0 Å². The van der Waals surface area contributed by atoms with Gasteiger partial charge in [-0.1, -0.05) is 35.9 Å². The van der Waals surface area contributed by atoms with E-state index in [1.165, 1.54) is 15.6 Å². The molecule has 160 valence electrons. The SMILES string of the molecule is Bc1cnn2c(NCCCN(C)S(=O)(=O)c3cccs3)cc(-c3ccccc3Cl)nc12. The van der Waals surface area contributed by atoms with Gasteiger partial charge in [0.25, 0.3) is 10.0 Å². The van der Waals surface area contributed by atoms with E-state index in [0.717, 1.165) is 28.2 Å². The number of thiophene rings is 1. The fourth-order valence-electron chi connectivity index (χ4n) is 3.21. The number of benzene rings is 1. The highest BCUT2D eigenvalue weighted by Gasteiger charge is 2.21. The Morgan fingerprint density at radius 2 is 2.06 bits per heavy atom. The standard InChI is InChI=1S/C20H21BClN5O2S2/c1-26(31(28,29)19-8-4-11-30-19)10-5-9-23-18-12-17(14-6-2-3-7-16(14)22)25-20-15(21)13-24-27(18)20/h2-4,6-8,11-13,23H,5,9-10,21H2,1H3. The molecule has 0 unspecified atom stereocenters. The molecule has 31 heavy (non-hydrogen) atoms. The minimum absolute atomic E-state index is 0.357. The predicted octanol–water partition coefficient (Wildman–Crippen LogP) is 2.49. The van der Waals surface area contributed by atoms with Gasteiger partial charge in [0.05, 0.1) is 5.69 Å². The molecule has 0 aliphatic heterocycles. The number of hydrogen-bond acceptors (Lipinski definition) is 6. The predicted molar refractivity (Wildman–Crippen MR) is 129 cm³/mol. The van der Waals surface area contributed by atoms with Gasteiger partial charge < -0.3 is 5.32 Å². The molecule has 0 aliphatic carbocycles. The van der Waals surface area contributed by atoms with Gasteiger partial charge in [0.1, 0.15) is 17.9 Å². The fourth-order valence-corrected chi connectivity index (χ4v) is 5.85. The van der Waals surface area contributed by atoms with Crippen molar-refractivity contribution >= 4 is 57.7 Å². The van der Waals surface area contributed by atoms with Gasteiger partial charge in [-0.05, 0) is 29.4 Å². The van der Waals surface area contributed by atoms with Crippen molar-refractivity contribution in [2.75, 3.05) is 25.5 Å². The average Bonchev–Trinajstić information content (AvgIpc) is 3.42. The first-order chi connectivity index (χ1) is 14.9. The van der Waals surface area contributed by atoms with Crippen LogP contribution < -0.4 is 10.8 Å². The van der Waals surface area contributed by atoms with Crippen molar-refractivity contribution in [3.63, 3.8) is 0 Å². The van der Waals surface area contributed by atoms with Gasteiger partial charge >= 0.3 is 0 Å². The minimum atomic E-state index is -3.44. The molecule has 4 aromatic rings. The minimum Gasteiger partial charge on any atom is -0.370 e. The van der Waals surface area contributed by atoms with Gasteiger partial charge in [0, 0.05) is 43.0 Å². The third-order valence-corrected chi connectivity index (χ3v) is 8.47. The van der Waals surface area contributed by atoms with Crippen LogP contribution in [-0.2, 0) is 10.0 Å². The zero-order chi connectivity index (χ0) is 22.0. The molecular weight excluding hydrogens is 453 g/mol. The quantitative estimate of drug-likeness (QED) is 0.314. The van der Waals surface area contributed by atoms with Gasteiger partial charge in [-0.3, -0.25) is 0 Å². The van der Waals surface area contributed by atoms with Crippen molar-refractivity contribution in [2.45, 2.75) is 10.6 Å². The third kappa shape index (κ3) is 4.47. The Morgan fingerprint density at radius 3 is 2.81 bits per heavy atom. The van der Waals surface area contributed by atoms with Crippen molar-refractivity contribution in [2.24, 2.45) is 0 Å². The number of halogens is 1. The molecule has 3 aromatic heterocycles. The Labute approximate surface area is 191 Å². The Kier molecular flexibility index (Phi) is 6.33. The van der Waals surface area contributed by atoms with Gasteiger partial charge in [0.15, 0.2) is 5.65 Å². The van der Waals surface area contributed by atoms with Crippen LogP contribution in [0.5, 0.6) is 0 Å². The van der Waals surface area contributed by atoms with E-state index >= 15 is 0 Å². The fraction of sp³-hybridized carbons (Fsp3) is 0.200. The zero-order valence-electron chi connectivity index (χ0n) is 17.1. The summed E-state index contributed by atoms with van der Waals surface area (Å²) in [4.78, 5) is 4.73. The summed E-state index contributed by atoms with van der Waals surface area (Å²) in [6.45, 7) is 0.973. The summed E-state index contributed by atoms with van der Waals surface area (Å²) in [7, 11) is 0.124. The lowest BCUT2D eigenvalue weighted by atomic mass is 10.0. The van der Waals surface area contributed by atoms with E-state index in [1.807, 2.05) is 38.2 Å². The summed E-state index contributed by atoms with van der Waals surface area (Å²) in [5, 5.41) is 10.2. The van der Waals surface area contributed by atoms with Crippen molar-refractivity contribution in [1.82, 2.24) is 18.9 Å². The van der Waals surface area contributed by atoms with E-state index in [4.69, 9.17) is 16.6 Å². The van der Waals surface area contributed by atoms with Gasteiger partial charge in [-0.15, -0.1) is 11.3 Å². The smallest absolute Gasteiger partial charge is 0.252 e. The van der Waals surface area contributed by atoms with E-state index in [2.05, 4.69) is 10.4 Å². The first kappa shape index (κ1) is 21.8. The number of sulfonamides is 1. The van der Waals surface area contributed by atoms with E-state index in [1.54, 1.807) is 35.3 Å². The number of anilines is 1. The molecule has 0 radical (unpaired) electrons. The molecule has 0 saturated carbocycles. The Hall–Kier alpha value is -2.40. The first-order valence-corrected chi connectivity index (χ1v) is 12.4. The van der Waals surface area contributed by atoms with Crippen LogP contribution in [0.1, 0.15) is 6.42 Å². The highest BCUT2D eigenvalue weighted by molar-refractivity contribution is 7.91. The summed E-state index contributed by atoms with van der Waals surface area (Å²) < 4.78 is 28.6. The summed E-state index contributed by atoms with van der Waals surface area (Å²) >= 11 is 7.60. The topological polar surface area (TPSA) is 79.6 Å². The molecule has 3 heterocycles. The molecule has 0 fully saturated rings. The molecule has 4 rings (SSSR count). The van der Waals surface area contributed by atoms with Crippen LogP contribution >= 0.6 is 22.9 Å². The summed E-state index contributed by atoms with van der Waals surface area (Å²) in [6.07, 6.45) is 2.40. The lowest BCUT2D eigenvalue weighted by molar-refractivity contribution is 0.467. The Morgan fingerprint density at radius 1 is 1.26 bits per heavy atom. The van der Waals surface area contributed by atoms with Gasteiger partial charge in [-0.25, -0.2) is 17.7 Å². The second kappa shape index (κ2) is 9.00. The molecule has 0 atom stereocenters. The molecule has 0 aliphatic rings. The van der Waals surface area contributed by atoms with Crippen molar-refractivity contribution in [3.8, 4) is 11.3 Å². The first-order valence-electron chi connectivity index (χ1n) is 9.72. The Bertz CT molecular complexity index is 1310. The van der Waals surface area contributed by atoms with Crippen LogP contribution in [0.4, 0.5) is 5.82 Å². The molecule has 0 amide bonds. The number of fused-ring (bicyclic) bond motifs is 1. The second-order valence-corrected chi connectivity index (χ2v) is 10.7. The van der Waals surface area contributed by atoms with Crippen LogP contribution in [0, 0.1) is 0 Å². The molecule has 1 aromatic carbocycles. The molecule has 1 N–H and O–H groups in total. The maximum absolute atomic E-state index is 12.5. The highest BCUT2D eigenvalue weighted by Crippen LogP contribution is 2.28. The number of hydrogen-bond donors (Lipinski definition) is 1. The maximum atomic E-state index is 12.5. The van der Waals surface area contributed by atoms with E-state index in [0.29, 0.717) is 28.7 Å². The van der Waals surface area contributed by atoms with Gasteiger partial charge in [-0.2, -0.15) is 9.61 Å². The highest BCUT2D eigenvalue weighted by atomic mass is 35.5. The van der Waals surface area contributed by atoms with Crippen molar-refractivity contribution < 1.29 is 8.42 Å². The normalized spacial score (nSPS) is 12.0. The van der Waals surface area contributed by atoms with Crippen LogP contribution in [-0.4, -0.2) is 55.3 Å². The van der Waals surface area contributed by atoms with Crippen LogP contribution in [0.25, 0.3) is 16.9 Å². The summed E-state index contributed by atoms with van der Waals surface area (Å²) in [6, 6.07) is 12.8.